The highest BCUT2D eigenvalue weighted by atomic mass is 16.5. The second-order valence-corrected chi connectivity index (χ2v) is 4.23. The number of ether oxygens (including phenoxy) is 1. The second-order valence-electron chi connectivity index (χ2n) is 4.23. The third-order valence-electron chi connectivity index (χ3n) is 1.83. The van der Waals surface area contributed by atoms with Crippen LogP contribution < -0.4 is 0 Å². The highest BCUT2D eigenvalue weighted by molar-refractivity contribution is 5.22. The topological polar surface area (TPSA) is 9.23 Å². The SMILES string of the molecule is C=C(/C=C\C(=C)C(C)C)OCC(C)C. The Kier molecular flexibility index (Phi) is 6.02. The van der Waals surface area contributed by atoms with Crippen LogP contribution >= 0.6 is 0 Å². The van der Waals surface area contributed by atoms with E-state index in [1.807, 2.05) is 12.2 Å². The Morgan fingerprint density at radius 3 is 2.14 bits per heavy atom. The van der Waals surface area contributed by atoms with Gasteiger partial charge in [-0.3, -0.25) is 0 Å². The van der Waals surface area contributed by atoms with Crippen molar-refractivity contribution in [2.45, 2.75) is 27.7 Å². The lowest BCUT2D eigenvalue weighted by Crippen LogP contribution is -1.99. The highest BCUT2D eigenvalue weighted by Crippen LogP contribution is 2.10. The van der Waals surface area contributed by atoms with Gasteiger partial charge in [-0.05, 0) is 17.9 Å². The maximum absolute atomic E-state index is 5.41. The van der Waals surface area contributed by atoms with E-state index in [1.54, 1.807) is 0 Å². The summed E-state index contributed by atoms with van der Waals surface area (Å²) in [6.45, 7) is 16.9. The minimum Gasteiger partial charge on any atom is -0.494 e. The van der Waals surface area contributed by atoms with Crippen molar-refractivity contribution in [3.63, 3.8) is 0 Å². The van der Waals surface area contributed by atoms with Gasteiger partial charge in [-0.15, -0.1) is 0 Å². The number of hydrogen-bond donors (Lipinski definition) is 0. The lowest BCUT2D eigenvalue weighted by atomic mass is 10.1. The summed E-state index contributed by atoms with van der Waals surface area (Å²) in [6.07, 6.45) is 3.85. The van der Waals surface area contributed by atoms with Gasteiger partial charge in [0.15, 0.2) is 0 Å². The number of allylic oxidation sites excluding steroid dienone is 3. The second kappa shape index (κ2) is 6.47. The molecule has 1 nitrogen and oxygen atoms in total. The molecule has 0 aliphatic heterocycles. The maximum atomic E-state index is 5.41. The fourth-order valence-electron chi connectivity index (χ4n) is 0.714. The molecule has 0 N–H and O–H groups in total. The van der Waals surface area contributed by atoms with Gasteiger partial charge in [-0.25, -0.2) is 0 Å². The monoisotopic (exact) mass is 194 g/mol. The summed E-state index contributed by atoms with van der Waals surface area (Å²) in [5.74, 6) is 1.72. The molecule has 0 amide bonds. The van der Waals surface area contributed by atoms with E-state index in [1.165, 1.54) is 0 Å². The molecule has 0 unspecified atom stereocenters. The smallest absolute Gasteiger partial charge is 0.112 e. The van der Waals surface area contributed by atoms with E-state index in [0.717, 1.165) is 12.2 Å². The van der Waals surface area contributed by atoms with Crippen LogP contribution in [0.3, 0.4) is 0 Å². The fraction of sp³-hybridized carbons (Fsp3) is 0.538. The van der Waals surface area contributed by atoms with Crippen molar-refractivity contribution in [1.29, 1.82) is 0 Å². The quantitative estimate of drug-likeness (QED) is 0.459. The molecule has 0 heterocycles. The Hall–Kier alpha value is -0.980. The molecule has 0 atom stereocenters. The molecule has 0 rings (SSSR count). The minimum absolute atomic E-state index is 0.476. The average molecular weight is 194 g/mol. The first-order valence-corrected chi connectivity index (χ1v) is 5.12. The van der Waals surface area contributed by atoms with E-state index in [0.29, 0.717) is 17.6 Å². The number of rotatable bonds is 6. The summed E-state index contributed by atoms with van der Waals surface area (Å²) in [6, 6.07) is 0. The van der Waals surface area contributed by atoms with Crippen molar-refractivity contribution in [3.05, 3.63) is 36.6 Å². The Morgan fingerprint density at radius 1 is 1.14 bits per heavy atom. The zero-order valence-corrected chi connectivity index (χ0v) is 9.84. The lowest BCUT2D eigenvalue weighted by Gasteiger charge is -2.08. The summed E-state index contributed by atoms with van der Waals surface area (Å²) in [5, 5.41) is 0. The fourth-order valence-corrected chi connectivity index (χ4v) is 0.714. The van der Waals surface area contributed by atoms with Gasteiger partial charge in [0.25, 0.3) is 0 Å². The molecule has 0 bridgehead atoms. The van der Waals surface area contributed by atoms with Gasteiger partial charge in [0.2, 0.25) is 0 Å². The molecule has 0 aliphatic carbocycles. The molecular formula is C13H22O. The zero-order chi connectivity index (χ0) is 11.1. The molecule has 0 fully saturated rings. The molecule has 0 aromatic heterocycles. The third kappa shape index (κ3) is 6.53. The van der Waals surface area contributed by atoms with Crippen molar-refractivity contribution in [3.8, 4) is 0 Å². The zero-order valence-electron chi connectivity index (χ0n) is 9.84. The average Bonchev–Trinajstić information content (AvgIpc) is 2.10. The van der Waals surface area contributed by atoms with Crippen LogP contribution in [-0.2, 0) is 4.74 Å². The Balaban J connectivity index is 3.88. The molecule has 0 radical (unpaired) electrons. The van der Waals surface area contributed by atoms with E-state index in [4.69, 9.17) is 4.74 Å². The maximum Gasteiger partial charge on any atom is 0.112 e. The Morgan fingerprint density at radius 2 is 1.71 bits per heavy atom. The molecule has 0 aromatic carbocycles. The summed E-state index contributed by atoms with van der Waals surface area (Å²) < 4.78 is 5.41. The predicted molar refractivity (Wildman–Crippen MR) is 63.0 cm³/mol. The summed E-state index contributed by atoms with van der Waals surface area (Å²) in [5.41, 5.74) is 1.10. The molecule has 80 valence electrons. The largest absolute Gasteiger partial charge is 0.494 e. The lowest BCUT2D eigenvalue weighted by molar-refractivity contribution is 0.191. The van der Waals surface area contributed by atoms with E-state index in [2.05, 4.69) is 40.9 Å². The Bertz CT molecular complexity index is 221. The third-order valence-corrected chi connectivity index (χ3v) is 1.83. The van der Waals surface area contributed by atoms with Gasteiger partial charge in [0, 0.05) is 0 Å². The molecule has 1 heteroatoms. The van der Waals surface area contributed by atoms with Gasteiger partial charge < -0.3 is 4.74 Å². The van der Waals surface area contributed by atoms with Crippen LogP contribution in [0, 0.1) is 11.8 Å². The van der Waals surface area contributed by atoms with Crippen molar-refractivity contribution >= 4 is 0 Å². The summed E-state index contributed by atoms with van der Waals surface area (Å²) >= 11 is 0. The van der Waals surface area contributed by atoms with Gasteiger partial charge >= 0.3 is 0 Å². The molecule has 0 saturated heterocycles. The van der Waals surface area contributed by atoms with Crippen molar-refractivity contribution in [1.82, 2.24) is 0 Å². The molecule has 14 heavy (non-hydrogen) atoms. The highest BCUT2D eigenvalue weighted by Gasteiger charge is 1.97. The molecule has 0 saturated carbocycles. The van der Waals surface area contributed by atoms with Crippen LogP contribution in [0.5, 0.6) is 0 Å². The first-order valence-electron chi connectivity index (χ1n) is 5.12. The molecule has 0 aromatic rings. The van der Waals surface area contributed by atoms with Crippen LogP contribution in [0.2, 0.25) is 0 Å². The minimum atomic E-state index is 0.476. The van der Waals surface area contributed by atoms with E-state index in [9.17, 15) is 0 Å². The van der Waals surface area contributed by atoms with Gasteiger partial charge in [0.05, 0.1) is 6.61 Å². The summed E-state index contributed by atoms with van der Waals surface area (Å²) in [7, 11) is 0. The van der Waals surface area contributed by atoms with Crippen LogP contribution in [0.25, 0.3) is 0 Å². The predicted octanol–water partition coefficient (Wildman–Crippen LogP) is 3.94. The van der Waals surface area contributed by atoms with Crippen molar-refractivity contribution in [2.75, 3.05) is 6.61 Å². The summed E-state index contributed by atoms with van der Waals surface area (Å²) in [4.78, 5) is 0. The van der Waals surface area contributed by atoms with Crippen LogP contribution in [-0.4, -0.2) is 6.61 Å². The normalized spacial score (nSPS) is 11.3. The van der Waals surface area contributed by atoms with Crippen LogP contribution in [0.1, 0.15) is 27.7 Å². The van der Waals surface area contributed by atoms with Gasteiger partial charge in [0.1, 0.15) is 5.76 Å². The standard InChI is InChI=1S/C13H22O/c1-10(2)9-14-13(6)8-7-12(5)11(3)4/h7-8,10-11H,5-6,9H2,1-4H3/b8-7-. The van der Waals surface area contributed by atoms with Gasteiger partial charge in [-0.1, -0.05) is 52.5 Å². The molecule has 0 aliphatic rings. The Labute approximate surface area is 88.2 Å². The van der Waals surface area contributed by atoms with Crippen LogP contribution in [0.15, 0.2) is 36.6 Å². The van der Waals surface area contributed by atoms with Crippen molar-refractivity contribution < 1.29 is 4.74 Å². The van der Waals surface area contributed by atoms with Gasteiger partial charge in [-0.2, -0.15) is 0 Å². The van der Waals surface area contributed by atoms with E-state index in [-0.39, 0.29) is 0 Å². The van der Waals surface area contributed by atoms with E-state index < -0.39 is 0 Å². The molecule has 0 spiro atoms. The number of hydrogen-bond acceptors (Lipinski definition) is 1. The van der Waals surface area contributed by atoms with Crippen molar-refractivity contribution in [2.24, 2.45) is 11.8 Å². The van der Waals surface area contributed by atoms with E-state index >= 15 is 0 Å². The first-order chi connectivity index (χ1) is 6.43. The molecular weight excluding hydrogens is 172 g/mol. The van der Waals surface area contributed by atoms with Crippen LogP contribution in [0.4, 0.5) is 0 Å². The first kappa shape index (κ1) is 13.0.